The Hall–Kier alpha value is -4.40. The van der Waals surface area contributed by atoms with Crippen molar-refractivity contribution in [3.63, 3.8) is 0 Å². The van der Waals surface area contributed by atoms with Crippen molar-refractivity contribution in [3.8, 4) is 11.5 Å². The van der Waals surface area contributed by atoms with Crippen molar-refractivity contribution in [2.24, 2.45) is 0 Å². The molecule has 2 aliphatic rings. The zero-order chi connectivity index (χ0) is 21.6. The molecular formula is C23H20N6O3. The number of aromatic nitrogens is 4. The minimum Gasteiger partial charge on any atom is -0.463 e. The SMILES string of the molecule is C1=CCCC(C2=COC=C(Nc3nnc(-c4ccccc4NCc4cncnc4)o3)O2)=C1. The quantitative estimate of drug-likeness (QED) is 0.562. The molecule has 0 fully saturated rings. The molecule has 9 nitrogen and oxygen atoms in total. The molecule has 0 amide bonds. The second-order valence-electron chi connectivity index (χ2n) is 7.04. The molecule has 1 aliphatic carbocycles. The first-order valence-corrected chi connectivity index (χ1v) is 10.1. The van der Waals surface area contributed by atoms with Crippen LogP contribution in [0.2, 0.25) is 0 Å². The zero-order valence-corrected chi connectivity index (χ0v) is 17.1. The monoisotopic (exact) mass is 428 g/mol. The highest BCUT2D eigenvalue weighted by atomic mass is 16.6. The predicted octanol–water partition coefficient (Wildman–Crippen LogP) is 4.51. The fraction of sp³-hybridized carbons (Fsp3) is 0.130. The van der Waals surface area contributed by atoms with E-state index < -0.39 is 0 Å². The van der Waals surface area contributed by atoms with Gasteiger partial charge in [-0.1, -0.05) is 35.5 Å². The van der Waals surface area contributed by atoms with Crippen molar-refractivity contribution < 1.29 is 13.9 Å². The van der Waals surface area contributed by atoms with Crippen LogP contribution >= 0.6 is 0 Å². The van der Waals surface area contributed by atoms with Crippen LogP contribution in [0.5, 0.6) is 0 Å². The third-order valence-electron chi connectivity index (χ3n) is 4.81. The molecule has 0 bridgehead atoms. The van der Waals surface area contributed by atoms with Gasteiger partial charge < -0.3 is 19.2 Å². The van der Waals surface area contributed by atoms with Gasteiger partial charge >= 0.3 is 6.01 Å². The van der Waals surface area contributed by atoms with Gasteiger partial charge in [-0.25, -0.2) is 9.97 Å². The number of nitrogens with zero attached hydrogens (tertiary/aromatic N) is 4. The van der Waals surface area contributed by atoms with Gasteiger partial charge in [0, 0.05) is 30.2 Å². The number of hydrogen-bond acceptors (Lipinski definition) is 9. The summed E-state index contributed by atoms with van der Waals surface area (Å²) >= 11 is 0. The van der Waals surface area contributed by atoms with E-state index in [9.17, 15) is 0 Å². The lowest BCUT2D eigenvalue weighted by molar-refractivity contribution is 0.232. The molecule has 0 unspecified atom stereocenters. The van der Waals surface area contributed by atoms with Gasteiger partial charge in [-0.05, 0) is 30.5 Å². The lowest BCUT2D eigenvalue weighted by Gasteiger charge is -2.18. The summed E-state index contributed by atoms with van der Waals surface area (Å²) in [5.74, 6) is 1.38. The van der Waals surface area contributed by atoms with E-state index in [4.69, 9.17) is 13.9 Å². The van der Waals surface area contributed by atoms with E-state index in [-0.39, 0.29) is 6.01 Å². The van der Waals surface area contributed by atoms with Crippen LogP contribution in [0.1, 0.15) is 18.4 Å². The van der Waals surface area contributed by atoms with Crippen molar-refractivity contribution in [1.82, 2.24) is 20.2 Å². The summed E-state index contributed by atoms with van der Waals surface area (Å²) in [7, 11) is 0. The predicted molar refractivity (Wildman–Crippen MR) is 118 cm³/mol. The van der Waals surface area contributed by atoms with E-state index in [1.165, 1.54) is 12.6 Å². The van der Waals surface area contributed by atoms with Crippen LogP contribution in [0.15, 0.2) is 95.4 Å². The van der Waals surface area contributed by atoms with E-state index in [1.54, 1.807) is 18.7 Å². The minimum atomic E-state index is 0.194. The molecule has 1 aliphatic heterocycles. The van der Waals surface area contributed by atoms with Gasteiger partial charge in [0.25, 0.3) is 5.89 Å². The summed E-state index contributed by atoms with van der Waals surface area (Å²) < 4.78 is 17.1. The number of para-hydroxylation sites is 1. The molecule has 3 heterocycles. The summed E-state index contributed by atoms with van der Waals surface area (Å²) in [4.78, 5) is 8.07. The van der Waals surface area contributed by atoms with E-state index in [0.717, 1.165) is 35.2 Å². The maximum absolute atomic E-state index is 5.89. The maximum atomic E-state index is 5.89. The van der Waals surface area contributed by atoms with Crippen molar-refractivity contribution in [3.05, 3.63) is 96.5 Å². The molecule has 3 aromatic rings. The maximum Gasteiger partial charge on any atom is 0.322 e. The molecule has 0 saturated carbocycles. The van der Waals surface area contributed by atoms with E-state index >= 15 is 0 Å². The van der Waals surface area contributed by atoms with E-state index in [2.05, 4.69) is 36.9 Å². The Morgan fingerprint density at radius 2 is 1.94 bits per heavy atom. The summed E-state index contributed by atoms with van der Waals surface area (Å²) in [5.41, 5.74) is 3.66. The molecule has 2 N–H and O–H groups in total. The summed E-state index contributed by atoms with van der Waals surface area (Å²) in [6, 6.07) is 7.89. The molecule has 9 heteroatoms. The Kier molecular flexibility index (Phi) is 5.60. The van der Waals surface area contributed by atoms with Crippen LogP contribution in [0.4, 0.5) is 11.7 Å². The fourth-order valence-corrected chi connectivity index (χ4v) is 3.26. The van der Waals surface area contributed by atoms with Crippen LogP contribution < -0.4 is 10.6 Å². The molecule has 0 atom stereocenters. The first kappa shape index (κ1) is 19.6. The van der Waals surface area contributed by atoms with E-state index in [0.29, 0.717) is 24.1 Å². The Bertz CT molecular complexity index is 1210. The Morgan fingerprint density at radius 3 is 2.81 bits per heavy atom. The van der Waals surface area contributed by atoms with Gasteiger partial charge in [-0.2, -0.15) is 0 Å². The molecule has 2 aromatic heterocycles. The Balaban J connectivity index is 1.27. The van der Waals surface area contributed by atoms with Crippen LogP contribution in [-0.2, 0) is 16.0 Å². The topological polar surface area (TPSA) is 107 Å². The highest BCUT2D eigenvalue weighted by Gasteiger charge is 2.18. The van der Waals surface area contributed by atoms with Crippen molar-refractivity contribution >= 4 is 11.7 Å². The van der Waals surface area contributed by atoms with Gasteiger partial charge in [0.1, 0.15) is 12.6 Å². The van der Waals surface area contributed by atoms with Crippen LogP contribution in [0.3, 0.4) is 0 Å². The second kappa shape index (κ2) is 9.17. The van der Waals surface area contributed by atoms with Gasteiger partial charge in [-0.3, -0.25) is 5.32 Å². The van der Waals surface area contributed by atoms with E-state index in [1.807, 2.05) is 36.4 Å². The van der Waals surface area contributed by atoms with Gasteiger partial charge in [-0.15, -0.1) is 5.10 Å². The highest BCUT2D eigenvalue weighted by Crippen LogP contribution is 2.30. The molecule has 0 saturated heterocycles. The Morgan fingerprint density at radius 1 is 1.03 bits per heavy atom. The van der Waals surface area contributed by atoms with Crippen molar-refractivity contribution in [2.75, 3.05) is 10.6 Å². The average molecular weight is 428 g/mol. The molecule has 5 rings (SSSR count). The number of hydrogen-bond donors (Lipinski definition) is 2. The third-order valence-corrected chi connectivity index (χ3v) is 4.81. The van der Waals surface area contributed by atoms with Gasteiger partial charge in [0.05, 0.1) is 5.56 Å². The zero-order valence-electron chi connectivity index (χ0n) is 17.1. The largest absolute Gasteiger partial charge is 0.463 e. The second-order valence-corrected chi connectivity index (χ2v) is 7.04. The summed E-state index contributed by atoms with van der Waals surface area (Å²) in [5, 5.41) is 14.6. The molecular weight excluding hydrogens is 408 g/mol. The van der Waals surface area contributed by atoms with Gasteiger partial charge in [0.15, 0.2) is 12.0 Å². The number of allylic oxidation sites excluding steroid dienone is 4. The normalized spacial score (nSPS) is 15.1. The number of ether oxygens (including phenoxy) is 2. The number of nitrogens with one attached hydrogen (secondary N) is 2. The number of benzene rings is 1. The third kappa shape index (κ3) is 4.51. The van der Waals surface area contributed by atoms with Crippen molar-refractivity contribution in [2.45, 2.75) is 19.4 Å². The standard InChI is InChI=1S/C23H20N6O3/c1-2-6-17(7-3-1)20-13-30-14-21(31-20)27-23-29-28-22(32-23)18-8-4-5-9-19(18)26-12-16-10-24-15-25-11-16/h1-2,4-6,8-11,13-15,26H,3,7,12H2,(H,27,29). The van der Waals surface area contributed by atoms with Crippen LogP contribution in [-0.4, -0.2) is 20.2 Å². The lowest BCUT2D eigenvalue weighted by atomic mass is 10.0. The van der Waals surface area contributed by atoms with Crippen LogP contribution in [0.25, 0.3) is 11.5 Å². The summed E-state index contributed by atoms with van der Waals surface area (Å²) in [6.45, 7) is 0.565. The number of anilines is 2. The molecule has 32 heavy (non-hydrogen) atoms. The van der Waals surface area contributed by atoms with Crippen LogP contribution in [0, 0.1) is 0 Å². The minimum absolute atomic E-state index is 0.194. The first-order valence-electron chi connectivity index (χ1n) is 10.1. The Labute approximate surface area is 184 Å². The molecule has 1 aromatic carbocycles. The summed E-state index contributed by atoms with van der Waals surface area (Å²) in [6.07, 6.45) is 16.1. The average Bonchev–Trinajstić information content (AvgIpc) is 3.32. The van der Waals surface area contributed by atoms with Crippen molar-refractivity contribution in [1.29, 1.82) is 0 Å². The number of rotatable bonds is 7. The lowest BCUT2D eigenvalue weighted by Crippen LogP contribution is -2.10. The molecule has 0 spiro atoms. The first-order chi connectivity index (χ1) is 15.8. The fourth-order valence-electron chi connectivity index (χ4n) is 3.26. The van der Waals surface area contributed by atoms with Gasteiger partial charge in [0.2, 0.25) is 5.88 Å². The smallest absolute Gasteiger partial charge is 0.322 e. The highest BCUT2D eigenvalue weighted by molar-refractivity contribution is 5.72. The molecule has 160 valence electrons. The molecule has 0 radical (unpaired) electrons.